The molecule has 58 valence electrons. The van der Waals surface area contributed by atoms with Crippen LogP contribution < -0.4 is 0 Å². The second-order valence-corrected chi connectivity index (χ2v) is 3.47. The number of hydrogen-bond acceptors (Lipinski definition) is 2. The average molecular weight is 142 g/mol. The Morgan fingerprint density at radius 2 is 2.10 bits per heavy atom. The van der Waals surface area contributed by atoms with Gasteiger partial charge in [-0.05, 0) is 31.1 Å². The van der Waals surface area contributed by atoms with Crippen molar-refractivity contribution < 1.29 is 9.84 Å². The van der Waals surface area contributed by atoms with Crippen LogP contribution in [0, 0.1) is 11.8 Å². The van der Waals surface area contributed by atoms with E-state index in [-0.39, 0.29) is 12.7 Å². The normalized spacial score (nSPS) is 40.5. The first-order chi connectivity index (χ1) is 4.90. The Morgan fingerprint density at radius 1 is 1.30 bits per heavy atom. The van der Waals surface area contributed by atoms with Crippen molar-refractivity contribution in [1.29, 1.82) is 0 Å². The van der Waals surface area contributed by atoms with Crippen molar-refractivity contribution in [2.45, 2.75) is 25.4 Å². The van der Waals surface area contributed by atoms with Crippen molar-refractivity contribution in [2.24, 2.45) is 11.8 Å². The van der Waals surface area contributed by atoms with Gasteiger partial charge in [0.2, 0.25) is 0 Å². The highest BCUT2D eigenvalue weighted by Crippen LogP contribution is 2.41. The summed E-state index contributed by atoms with van der Waals surface area (Å²) in [5, 5.41) is 8.76. The number of ether oxygens (including phenoxy) is 1. The van der Waals surface area contributed by atoms with Crippen molar-refractivity contribution in [3.63, 3.8) is 0 Å². The van der Waals surface area contributed by atoms with E-state index in [2.05, 4.69) is 0 Å². The Bertz CT molecular complexity index is 120. The molecule has 2 unspecified atom stereocenters. The van der Waals surface area contributed by atoms with Crippen LogP contribution >= 0.6 is 0 Å². The van der Waals surface area contributed by atoms with Crippen molar-refractivity contribution in [1.82, 2.24) is 0 Å². The van der Waals surface area contributed by atoms with Crippen LogP contribution in [-0.4, -0.2) is 24.4 Å². The van der Waals surface area contributed by atoms with E-state index in [1.165, 1.54) is 12.8 Å². The molecular formula is C8H14O2. The summed E-state index contributed by atoms with van der Waals surface area (Å²) in [6.07, 6.45) is 4.05. The molecule has 2 aliphatic rings. The van der Waals surface area contributed by atoms with Gasteiger partial charge in [-0.2, -0.15) is 0 Å². The zero-order valence-corrected chi connectivity index (χ0v) is 6.12. The Labute approximate surface area is 61.2 Å². The quantitative estimate of drug-likeness (QED) is 0.617. The number of aliphatic hydroxyl groups is 1. The molecule has 1 saturated carbocycles. The van der Waals surface area contributed by atoms with Crippen LogP contribution in [0.1, 0.15) is 19.3 Å². The Kier molecular flexibility index (Phi) is 1.66. The molecule has 2 atom stereocenters. The SMILES string of the molecule is OCC1CC(C2CC2)CO1. The van der Waals surface area contributed by atoms with Gasteiger partial charge in [0.05, 0.1) is 19.3 Å². The smallest absolute Gasteiger partial charge is 0.0809 e. The van der Waals surface area contributed by atoms with Gasteiger partial charge in [0.15, 0.2) is 0 Å². The molecule has 1 heterocycles. The van der Waals surface area contributed by atoms with Gasteiger partial charge in [0.1, 0.15) is 0 Å². The van der Waals surface area contributed by atoms with Crippen LogP contribution in [0.4, 0.5) is 0 Å². The summed E-state index contributed by atoms with van der Waals surface area (Å²) in [5.41, 5.74) is 0. The first kappa shape index (κ1) is 6.62. The van der Waals surface area contributed by atoms with Gasteiger partial charge in [-0.3, -0.25) is 0 Å². The summed E-state index contributed by atoms with van der Waals surface area (Å²) in [7, 11) is 0. The van der Waals surface area contributed by atoms with Gasteiger partial charge in [-0.1, -0.05) is 0 Å². The molecule has 0 aromatic carbocycles. The van der Waals surface area contributed by atoms with Crippen molar-refractivity contribution in [2.75, 3.05) is 13.2 Å². The molecule has 2 rings (SSSR count). The summed E-state index contributed by atoms with van der Waals surface area (Å²) in [6.45, 7) is 1.11. The minimum absolute atomic E-state index is 0.158. The monoisotopic (exact) mass is 142 g/mol. The molecular weight excluding hydrogens is 128 g/mol. The van der Waals surface area contributed by atoms with E-state index in [9.17, 15) is 0 Å². The molecule has 1 saturated heterocycles. The highest BCUT2D eigenvalue weighted by atomic mass is 16.5. The van der Waals surface area contributed by atoms with Crippen molar-refractivity contribution in [3.05, 3.63) is 0 Å². The maximum absolute atomic E-state index is 8.76. The van der Waals surface area contributed by atoms with E-state index in [0.717, 1.165) is 24.9 Å². The van der Waals surface area contributed by atoms with Crippen LogP contribution in [0.5, 0.6) is 0 Å². The van der Waals surface area contributed by atoms with Crippen molar-refractivity contribution >= 4 is 0 Å². The third-order valence-corrected chi connectivity index (χ3v) is 2.60. The van der Waals surface area contributed by atoms with Crippen LogP contribution in [0.3, 0.4) is 0 Å². The van der Waals surface area contributed by atoms with E-state index < -0.39 is 0 Å². The average Bonchev–Trinajstić information content (AvgIpc) is 2.70. The molecule has 10 heavy (non-hydrogen) atoms. The lowest BCUT2D eigenvalue weighted by Gasteiger charge is -2.03. The predicted octanol–water partition coefficient (Wildman–Crippen LogP) is 0.794. The molecule has 0 aromatic rings. The van der Waals surface area contributed by atoms with E-state index in [0.29, 0.717) is 0 Å². The number of hydrogen-bond donors (Lipinski definition) is 1. The maximum Gasteiger partial charge on any atom is 0.0809 e. The largest absolute Gasteiger partial charge is 0.394 e. The summed E-state index contributed by atoms with van der Waals surface area (Å²) < 4.78 is 5.37. The fraction of sp³-hybridized carbons (Fsp3) is 1.00. The summed E-state index contributed by atoms with van der Waals surface area (Å²) in [4.78, 5) is 0. The molecule has 1 aliphatic heterocycles. The molecule has 2 heteroatoms. The van der Waals surface area contributed by atoms with Crippen LogP contribution in [0.15, 0.2) is 0 Å². The van der Waals surface area contributed by atoms with Gasteiger partial charge < -0.3 is 9.84 Å². The molecule has 1 aliphatic carbocycles. The molecule has 2 fully saturated rings. The molecule has 2 nitrogen and oxygen atoms in total. The lowest BCUT2D eigenvalue weighted by atomic mass is 10.0. The maximum atomic E-state index is 8.76. The number of rotatable bonds is 2. The topological polar surface area (TPSA) is 29.5 Å². The van der Waals surface area contributed by atoms with Crippen LogP contribution in [0.2, 0.25) is 0 Å². The molecule has 1 N–H and O–H groups in total. The Hall–Kier alpha value is -0.0800. The lowest BCUT2D eigenvalue weighted by Crippen LogP contribution is -2.10. The Balaban J connectivity index is 1.81. The third kappa shape index (κ3) is 1.18. The minimum atomic E-state index is 0.158. The van der Waals surface area contributed by atoms with Gasteiger partial charge >= 0.3 is 0 Å². The van der Waals surface area contributed by atoms with Gasteiger partial charge in [-0.25, -0.2) is 0 Å². The zero-order chi connectivity index (χ0) is 6.97. The van der Waals surface area contributed by atoms with E-state index >= 15 is 0 Å². The molecule has 0 bridgehead atoms. The van der Waals surface area contributed by atoms with Gasteiger partial charge in [0, 0.05) is 0 Å². The van der Waals surface area contributed by atoms with Gasteiger partial charge in [-0.15, -0.1) is 0 Å². The second kappa shape index (κ2) is 2.51. The third-order valence-electron chi connectivity index (χ3n) is 2.60. The summed E-state index contributed by atoms with van der Waals surface area (Å²) in [5.74, 6) is 1.72. The molecule has 0 spiro atoms. The highest BCUT2D eigenvalue weighted by molar-refractivity contribution is 4.86. The van der Waals surface area contributed by atoms with E-state index in [1.807, 2.05) is 0 Å². The first-order valence-corrected chi connectivity index (χ1v) is 4.12. The summed E-state index contributed by atoms with van der Waals surface area (Å²) in [6, 6.07) is 0. The fourth-order valence-corrected chi connectivity index (χ4v) is 1.76. The second-order valence-electron chi connectivity index (χ2n) is 3.47. The highest BCUT2D eigenvalue weighted by Gasteiger charge is 2.36. The zero-order valence-electron chi connectivity index (χ0n) is 6.12. The lowest BCUT2D eigenvalue weighted by molar-refractivity contribution is 0.0568. The molecule has 0 radical (unpaired) electrons. The molecule has 0 amide bonds. The van der Waals surface area contributed by atoms with E-state index in [1.54, 1.807) is 0 Å². The van der Waals surface area contributed by atoms with Crippen LogP contribution in [-0.2, 0) is 4.74 Å². The van der Waals surface area contributed by atoms with E-state index in [4.69, 9.17) is 9.84 Å². The minimum Gasteiger partial charge on any atom is -0.394 e. The fourth-order valence-electron chi connectivity index (χ4n) is 1.76. The number of aliphatic hydroxyl groups excluding tert-OH is 1. The van der Waals surface area contributed by atoms with Crippen molar-refractivity contribution in [3.8, 4) is 0 Å². The first-order valence-electron chi connectivity index (χ1n) is 4.12. The summed E-state index contributed by atoms with van der Waals surface area (Å²) >= 11 is 0. The predicted molar refractivity (Wildman–Crippen MR) is 37.7 cm³/mol. The standard InChI is InChI=1S/C8H14O2/c9-4-8-3-7(5-10-8)6-1-2-6/h6-9H,1-5H2. The van der Waals surface area contributed by atoms with Gasteiger partial charge in [0.25, 0.3) is 0 Å². The Morgan fingerprint density at radius 3 is 2.60 bits per heavy atom. The van der Waals surface area contributed by atoms with Crippen LogP contribution in [0.25, 0.3) is 0 Å². The molecule has 0 aromatic heterocycles.